The monoisotopic (exact) mass is 421 g/mol. The number of hydrogen-bond donors (Lipinski definition) is 2. The maximum Gasteiger partial charge on any atom is 0.352 e. The highest BCUT2D eigenvalue weighted by Gasteiger charge is 2.57. The summed E-state index contributed by atoms with van der Waals surface area (Å²) in [6.07, 6.45) is -1.55. The first kappa shape index (κ1) is 19.5. The van der Waals surface area contributed by atoms with Gasteiger partial charge in [-0.1, -0.05) is 30.3 Å². The summed E-state index contributed by atoms with van der Waals surface area (Å²) < 4.78 is 50.1. The Morgan fingerprint density at radius 2 is 1.76 bits per heavy atom. The summed E-state index contributed by atoms with van der Waals surface area (Å²) in [4.78, 5) is 13.7. The third-order valence-corrected chi connectivity index (χ3v) is 6.00. The summed E-state index contributed by atoms with van der Waals surface area (Å²) in [5, 5.41) is 11.2. The standard InChI is InChI=1S/C19H19NO8S/c1-19(17(22)26-2)16(21)15(11-7-3-5-9-13(11)28-19)20-12-8-4-6-10-14(12)27-18(20)29(23,24)25/h3-10,15-16,18,21H,1-2H3,(H,23,24,25). The van der Waals surface area contributed by atoms with Gasteiger partial charge in [-0.15, -0.1) is 0 Å². The van der Waals surface area contributed by atoms with Crippen LogP contribution in [0.25, 0.3) is 0 Å². The number of anilines is 1. The second kappa shape index (κ2) is 6.61. The summed E-state index contributed by atoms with van der Waals surface area (Å²) in [7, 11) is -3.56. The number of hydrogen-bond acceptors (Lipinski definition) is 8. The van der Waals surface area contributed by atoms with Crippen LogP contribution in [0.3, 0.4) is 0 Å². The molecule has 2 aliphatic rings. The molecule has 2 aromatic carbocycles. The molecule has 4 atom stereocenters. The zero-order chi connectivity index (χ0) is 21.0. The Morgan fingerprint density at radius 3 is 2.41 bits per heavy atom. The smallest absolute Gasteiger partial charge is 0.352 e. The minimum atomic E-state index is -4.72. The highest BCUT2D eigenvalue weighted by atomic mass is 32.2. The van der Waals surface area contributed by atoms with E-state index in [1.54, 1.807) is 48.5 Å². The van der Waals surface area contributed by atoms with Crippen molar-refractivity contribution < 1.29 is 37.1 Å². The summed E-state index contributed by atoms with van der Waals surface area (Å²) in [6, 6.07) is 12.0. The zero-order valence-corrected chi connectivity index (χ0v) is 16.4. The number of ether oxygens (including phenoxy) is 3. The lowest BCUT2D eigenvalue weighted by Gasteiger charge is -2.46. The SMILES string of the molecule is COC(=O)C1(C)Oc2ccccc2C(N2c3ccccc3OC2S(=O)(=O)O)C1O. The van der Waals surface area contributed by atoms with Gasteiger partial charge in [-0.2, -0.15) is 8.42 Å². The Balaban J connectivity index is 1.94. The molecule has 10 heteroatoms. The topological polar surface area (TPSA) is 123 Å². The van der Waals surface area contributed by atoms with Gasteiger partial charge < -0.3 is 24.2 Å². The second-order valence-electron chi connectivity index (χ2n) is 6.94. The van der Waals surface area contributed by atoms with Gasteiger partial charge in [0, 0.05) is 5.56 Å². The molecule has 0 spiro atoms. The predicted octanol–water partition coefficient (Wildman–Crippen LogP) is 1.48. The fraction of sp³-hybridized carbons (Fsp3) is 0.316. The molecule has 154 valence electrons. The molecule has 0 saturated heterocycles. The van der Waals surface area contributed by atoms with Crippen LogP contribution in [-0.4, -0.2) is 48.4 Å². The summed E-state index contributed by atoms with van der Waals surface area (Å²) >= 11 is 0. The van der Waals surface area contributed by atoms with E-state index in [0.717, 1.165) is 7.11 Å². The number of fused-ring (bicyclic) bond motifs is 2. The van der Waals surface area contributed by atoms with Gasteiger partial charge in [0.15, 0.2) is 0 Å². The van der Waals surface area contributed by atoms with Crippen molar-refractivity contribution in [2.24, 2.45) is 0 Å². The maximum atomic E-state index is 12.5. The first-order chi connectivity index (χ1) is 13.7. The molecule has 2 heterocycles. The Labute approximate surface area is 167 Å². The van der Waals surface area contributed by atoms with Crippen LogP contribution in [0, 0.1) is 0 Å². The number of rotatable bonds is 3. The largest absolute Gasteiger partial charge is 0.473 e. The lowest BCUT2D eigenvalue weighted by molar-refractivity contribution is -0.172. The molecule has 0 amide bonds. The van der Waals surface area contributed by atoms with Crippen molar-refractivity contribution in [3.05, 3.63) is 54.1 Å². The predicted molar refractivity (Wildman–Crippen MR) is 101 cm³/mol. The van der Waals surface area contributed by atoms with Gasteiger partial charge >= 0.3 is 21.6 Å². The van der Waals surface area contributed by atoms with Gasteiger partial charge in [-0.25, -0.2) is 4.79 Å². The van der Waals surface area contributed by atoms with Crippen LogP contribution >= 0.6 is 0 Å². The Morgan fingerprint density at radius 1 is 1.14 bits per heavy atom. The highest BCUT2D eigenvalue weighted by Crippen LogP contribution is 2.50. The molecule has 9 nitrogen and oxygen atoms in total. The van der Waals surface area contributed by atoms with Gasteiger partial charge in [0.2, 0.25) is 5.60 Å². The van der Waals surface area contributed by atoms with E-state index in [1.807, 2.05) is 0 Å². The summed E-state index contributed by atoms with van der Waals surface area (Å²) in [5.41, 5.74) is -2.87. The van der Waals surface area contributed by atoms with Gasteiger partial charge in [0.05, 0.1) is 18.8 Å². The number of para-hydroxylation sites is 3. The van der Waals surface area contributed by atoms with Crippen molar-refractivity contribution in [2.45, 2.75) is 30.2 Å². The molecule has 0 bridgehead atoms. The molecule has 2 N–H and O–H groups in total. The van der Waals surface area contributed by atoms with E-state index in [1.165, 1.54) is 11.8 Å². The van der Waals surface area contributed by atoms with Crippen molar-refractivity contribution in [2.75, 3.05) is 12.0 Å². The second-order valence-corrected chi connectivity index (χ2v) is 8.38. The van der Waals surface area contributed by atoms with Crippen molar-refractivity contribution in [1.82, 2.24) is 0 Å². The molecule has 29 heavy (non-hydrogen) atoms. The lowest BCUT2D eigenvalue weighted by Crippen LogP contribution is -2.61. The van der Waals surface area contributed by atoms with E-state index in [2.05, 4.69) is 0 Å². The molecule has 0 saturated carbocycles. The average molecular weight is 421 g/mol. The number of benzene rings is 2. The number of aliphatic hydroxyl groups excluding tert-OH is 1. The molecule has 0 aromatic heterocycles. The van der Waals surface area contributed by atoms with Crippen LogP contribution in [0.5, 0.6) is 11.5 Å². The van der Waals surface area contributed by atoms with Crippen molar-refractivity contribution >= 4 is 21.8 Å². The molecule has 2 aromatic rings. The van der Waals surface area contributed by atoms with Crippen molar-refractivity contribution in [3.8, 4) is 11.5 Å². The van der Waals surface area contributed by atoms with E-state index in [0.29, 0.717) is 11.3 Å². The highest BCUT2D eigenvalue weighted by molar-refractivity contribution is 7.86. The quantitative estimate of drug-likeness (QED) is 0.560. The van der Waals surface area contributed by atoms with Gasteiger partial charge in [0.25, 0.3) is 0 Å². The van der Waals surface area contributed by atoms with Crippen LogP contribution in [0.4, 0.5) is 5.69 Å². The summed E-state index contributed by atoms with van der Waals surface area (Å²) in [5.74, 6) is -0.346. The molecule has 0 fully saturated rings. The molecule has 4 rings (SSSR count). The number of aliphatic hydroxyl groups is 1. The van der Waals surface area contributed by atoms with E-state index in [-0.39, 0.29) is 11.5 Å². The number of nitrogens with zero attached hydrogens (tertiary/aromatic N) is 1. The van der Waals surface area contributed by atoms with Crippen molar-refractivity contribution in [3.63, 3.8) is 0 Å². The normalized spacial score (nSPS) is 28.0. The third kappa shape index (κ3) is 2.91. The van der Waals surface area contributed by atoms with Gasteiger partial charge in [-0.3, -0.25) is 4.55 Å². The van der Waals surface area contributed by atoms with E-state index < -0.39 is 39.4 Å². The lowest BCUT2D eigenvalue weighted by atomic mass is 9.84. The molecular weight excluding hydrogens is 402 g/mol. The number of carbonyl (C=O) groups excluding carboxylic acids is 1. The molecular formula is C19H19NO8S. The Bertz CT molecular complexity index is 1070. The van der Waals surface area contributed by atoms with E-state index >= 15 is 0 Å². The van der Waals surface area contributed by atoms with Gasteiger partial charge in [-0.05, 0) is 25.1 Å². The molecule has 0 radical (unpaired) electrons. The van der Waals surface area contributed by atoms with E-state index in [4.69, 9.17) is 14.2 Å². The fourth-order valence-corrected chi connectivity index (χ4v) is 4.54. The van der Waals surface area contributed by atoms with Crippen LogP contribution in [0.1, 0.15) is 18.5 Å². The molecule has 4 unspecified atom stereocenters. The van der Waals surface area contributed by atoms with Crippen LogP contribution in [0.15, 0.2) is 48.5 Å². The zero-order valence-electron chi connectivity index (χ0n) is 15.6. The molecule has 0 aliphatic carbocycles. The van der Waals surface area contributed by atoms with Crippen LogP contribution < -0.4 is 14.4 Å². The maximum absolute atomic E-state index is 12.5. The molecule has 2 aliphatic heterocycles. The number of methoxy groups -OCH3 is 1. The van der Waals surface area contributed by atoms with Crippen LogP contribution in [-0.2, 0) is 19.6 Å². The van der Waals surface area contributed by atoms with Crippen molar-refractivity contribution in [1.29, 1.82) is 0 Å². The third-order valence-electron chi connectivity index (χ3n) is 5.17. The van der Waals surface area contributed by atoms with E-state index in [9.17, 15) is 22.9 Å². The average Bonchev–Trinajstić information content (AvgIpc) is 3.08. The Kier molecular flexibility index (Phi) is 4.45. The first-order valence-corrected chi connectivity index (χ1v) is 10.2. The number of carbonyl (C=O) groups is 1. The minimum Gasteiger partial charge on any atom is -0.473 e. The first-order valence-electron chi connectivity index (χ1n) is 8.73. The fourth-order valence-electron chi connectivity index (χ4n) is 3.78. The summed E-state index contributed by atoms with van der Waals surface area (Å²) in [6.45, 7) is 1.36. The van der Waals surface area contributed by atoms with Gasteiger partial charge in [0.1, 0.15) is 17.6 Å². The van der Waals surface area contributed by atoms with Crippen LogP contribution in [0.2, 0.25) is 0 Å². The number of esters is 1. The Hall–Kier alpha value is -2.82. The minimum absolute atomic E-state index is 0.214.